The van der Waals surface area contributed by atoms with E-state index >= 15 is 0 Å². The van der Waals surface area contributed by atoms with Crippen molar-refractivity contribution in [2.45, 2.75) is 19.6 Å². The molecule has 59 heavy (non-hydrogen) atoms. The second-order valence-corrected chi connectivity index (χ2v) is 15.7. The van der Waals surface area contributed by atoms with E-state index in [-0.39, 0.29) is 209 Å². The van der Waals surface area contributed by atoms with Crippen LogP contribution >= 0.6 is 12.0 Å². The zero-order chi connectivity index (χ0) is 39.0. The number of aromatic carboxylic acids is 1. The molecule has 0 fully saturated rings. The monoisotopic (exact) mass is 928 g/mol. The minimum absolute atomic E-state index is 0. The molecule has 0 saturated carbocycles. The molecule has 280 valence electrons. The molecule has 0 aliphatic rings. The normalized spacial score (nSPS) is 11.1. The van der Waals surface area contributed by atoms with Gasteiger partial charge in [0.05, 0.1) is 32.7 Å². The number of carbonyl (C=O) groups is 1. The van der Waals surface area contributed by atoms with Crippen molar-refractivity contribution in [1.29, 1.82) is 0 Å². The molecule has 3 N–H and O–H groups in total. The third kappa shape index (κ3) is 14.8. The first-order valence-electron chi connectivity index (χ1n) is 14.4. The molecule has 1 heterocycles. The van der Waals surface area contributed by atoms with Crippen LogP contribution in [0.5, 0.6) is 0 Å². The molecule has 5 aromatic carbocycles. The number of benzene rings is 5. The minimum atomic E-state index is -5.22. The number of rotatable bonds is 13. The third-order valence-electron chi connectivity index (χ3n) is 7.29. The van der Waals surface area contributed by atoms with Gasteiger partial charge < -0.3 is 44.8 Å². The molecule has 0 saturated heterocycles. The van der Waals surface area contributed by atoms with Crippen LogP contribution in [0.1, 0.15) is 10.4 Å². The fourth-order valence-corrected chi connectivity index (χ4v) is 7.64. The summed E-state index contributed by atoms with van der Waals surface area (Å²) >= 11 is 0.353. The molecule has 29 heteroatoms. The van der Waals surface area contributed by atoms with Crippen LogP contribution in [-0.2, 0) is 39.7 Å². The first-order chi connectivity index (χ1) is 25.4. The molecular formula is C30H17N6Na5O14S4. The van der Waals surface area contributed by atoms with Gasteiger partial charge in [-0.1, -0.05) is 24.3 Å². The standard InChI is InChI=1S/C30H22N6O14S4.5Na/c37-27(38)15-1-3-18(4-2-15)31-28-34-29(32-19-5-7-23-16(9-19)11-21(51-50-49-39)13-25(23)53(43,44)45)36-30(35-28)33-20-6-8-24-17(10-20)12-22(52(40,41)42)14-26(24)54(46,47)48;;;;;/h1-14,39H,(H,37,38)(H,40,41,42)(H,43,44,45)(H,46,47,48)(H3,31,32,33,34,35,36);;;;;/q;5*+1/p-5. The molecule has 0 radical (unpaired) electrons. The maximum absolute atomic E-state index is 12.0. The van der Waals surface area contributed by atoms with Crippen LogP contribution in [0.4, 0.5) is 34.9 Å². The molecule has 6 rings (SSSR count). The van der Waals surface area contributed by atoms with Gasteiger partial charge in [0, 0.05) is 22.0 Å². The van der Waals surface area contributed by atoms with Crippen LogP contribution in [0.25, 0.3) is 21.5 Å². The molecular weight excluding hydrogens is 912 g/mol. The van der Waals surface area contributed by atoms with Gasteiger partial charge in [-0.15, -0.1) is 0 Å². The van der Waals surface area contributed by atoms with Gasteiger partial charge in [-0.3, -0.25) is 5.04 Å². The molecule has 0 spiro atoms. The summed E-state index contributed by atoms with van der Waals surface area (Å²) in [6.45, 7) is 0. The molecule has 20 nitrogen and oxygen atoms in total. The Bertz CT molecular complexity index is 2830. The van der Waals surface area contributed by atoms with Crippen molar-refractivity contribution in [1.82, 2.24) is 15.0 Å². The summed E-state index contributed by atoms with van der Waals surface area (Å²) in [4.78, 5) is 21.6. The van der Waals surface area contributed by atoms with E-state index in [0.717, 1.165) is 12.1 Å². The van der Waals surface area contributed by atoms with Crippen LogP contribution in [-0.4, -0.2) is 59.8 Å². The van der Waals surface area contributed by atoms with Gasteiger partial charge in [0.25, 0.3) is 0 Å². The van der Waals surface area contributed by atoms with Crippen molar-refractivity contribution >= 4 is 105 Å². The fraction of sp³-hybridized carbons (Fsp3) is 0. The third-order valence-corrected chi connectivity index (χ3v) is 10.4. The van der Waals surface area contributed by atoms with Crippen molar-refractivity contribution in [3.63, 3.8) is 0 Å². The predicted molar refractivity (Wildman–Crippen MR) is 180 cm³/mol. The van der Waals surface area contributed by atoms with E-state index in [0.29, 0.717) is 23.8 Å². The molecule has 0 aliphatic carbocycles. The van der Waals surface area contributed by atoms with Crippen LogP contribution in [0.3, 0.4) is 0 Å². The van der Waals surface area contributed by atoms with Crippen molar-refractivity contribution in [2.75, 3.05) is 16.0 Å². The summed E-state index contributed by atoms with van der Waals surface area (Å²) in [5, 5.41) is 33.4. The number of carboxylic acid groups (broad SMARTS) is 1. The van der Waals surface area contributed by atoms with Crippen molar-refractivity contribution in [2.24, 2.45) is 0 Å². The topological polar surface area (TPSA) is 328 Å². The Kier molecular flexibility index (Phi) is 22.4. The number of nitrogens with one attached hydrogen (secondary N) is 3. The smallest absolute Gasteiger partial charge is 0.744 e. The number of hydrogen-bond acceptors (Lipinski definition) is 21. The Morgan fingerprint density at radius 2 is 0.983 bits per heavy atom. The van der Waals surface area contributed by atoms with E-state index in [4.69, 9.17) is 0 Å². The second-order valence-electron chi connectivity index (χ2n) is 10.8. The van der Waals surface area contributed by atoms with E-state index < -0.39 is 51.0 Å². The van der Waals surface area contributed by atoms with Gasteiger partial charge in [0.15, 0.2) is 0 Å². The number of fused-ring (bicyclic) bond motifs is 2. The molecule has 0 bridgehead atoms. The van der Waals surface area contributed by atoms with Gasteiger partial charge in [-0.05, 0) is 87.8 Å². The summed E-state index contributed by atoms with van der Waals surface area (Å²) in [7, 11) is -15.4. The van der Waals surface area contributed by atoms with Crippen molar-refractivity contribution < 1.29 is 211 Å². The summed E-state index contributed by atoms with van der Waals surface area (Å²) in [5.74, 6) is -1.90. The Morgan fingerprint density at radius 3 is 1.41 bits per heavy atom. The summed E-state index contributed by atoms with van der Waals surface area (Å²) in [5.41, 5.74) is 0.559. The van der Waals surface area contributed by atoms with Crippen molar-refractivity contribution in [3.05, 3.63) is 90.5 Å². The number of carboxylic acids is 1. The maximum Gasteiger partial charge on any atom is 1.00 e. The van der Waals surface area contributed by atoms with Crippen LogP contribution in [0, 0.1) is 0 Å². The van der Waals surface area contributed by atoms with Crippen LogP contribution in [0.15, 0.2) is 105 Å². The molecule has 6 aromatic rings. The Morgan fingerprint density at radius 1 is 0.559 bits per heavy atom. The molecule has 0 atom stereocenters. The van der Waals surface area contributed by atoms with Gasteiger partial charge in [0.1, 0.15) is 30.4 Å². The van der Waals surface area contributed by atoms with E-state index in [9.17, 15) is 54.1 Å². The second kappa shape index (κ2) is 23.4. The largest absolute Gasteiger partial charge is 1.00 e. The van der Waals surface area contributed by atoms with Gasteiger partial charge in [-0.2, -0.15) is 19.3 Å². The van der Waals surface area contributed by atoms with E-state index in [2.05, 4.69) is 40.3 Å². The number of nitrogens with zero attached hydrogens (tertiary/aromatic N) is 3. The van der Waals surface area contributed by atoms with Gasteiger partial charge >= 0.3 is 148 Å². The molecule has 0 amide bonds. The number of aromatic nitrogens is 3. The quantitative estimate of drug-likeness (QED) is 0.0318. The summed E-state index contributed by atoms with van der Waals surface area (Å²) in [6, 6.07) is 16.9. The summed E-state index contributed by atoms with van der Waals surface area (Å²) < 4.78 is 111. The van der Waals surface area contributed by atoms with E-state index in [1.54, 1.807) is 0 Å². The molecule has 1 aromatic heterocycles. The van der Waals surface area contributed by atoms with Gasteiger partial charge in [0.2, 0.25) is 17.8 Å². The first kappa shape index (κ1) is 56.5. The Balaban J connectivity index is 0.00000348. The van der Waals surface area contributed by atoms with E-state index in [1.807, 2.05) is 0 Å². The fourth-order valence-electron chi connectivity index (χ4n) is 5.05. The molecule has 0 aliphatic heterocycles. The van der Waals surface area contributed by atoms with Crippen LogP contribution < -0.4 is 174 Å². The van der Waals surface area contributed by atoms with Crippen molar-refractivity contribution in [3.8, 4) is 0 Å². The van der Waals surface area contributed by atoms with Gasteiger partial charge in [-0.25, -0.2) is 25.3 Å². The first-order valence-corrected chi connectivity index (χ1v) is 19.4. The minimum Gasteiger partial charge on any atom is -0.744 e. The summed E-state index contributed by atoms with van der Waals surface area (Å²) in [6.07, 6.45) is 0. The predicted octanol–water partition coefficient (Wildman–Crippen LogP) is -13.3. The zero-order valence-corrected chi connectivity index (χ0v) is 44.5. The SMILES string of the molecule is O=C([O-])c1ccc(Nc2nc(Nc3ccc4c(S(=O)(=O)[O-])cc(SOO[O-])cc4c3)nc(Nc3ccc4c(S(=O)(=O)[O-])cc(S(=O)(=O)[O-])cc4c3)n2)cc1.[Na+].[Na+].[Na+].[Na+].[Na+]. The maximum atomic E-state index is 12.0. The number of hydrogen-bond donors (Lipinski definition) is 3. The average Bonchev–Trinajstić information content (AvgIpc) is 3.08. The number of anilines is 6. The zero-order valence-electron chi connectivity index (χ0n) is 31.3. The molecule has 0 unspecified atom stereocenters. The Labute approximate surface area is 450 Å². The van der Waals surface area contributed by atoms with Crippen LogP contribution in [0.2, 0.25) is 0 Å². The average molecular weight is 929 g/mol. The van der Waals surface area contributed by atoms with E-state index in [1.165, 1.54) is 66.7 Å². The number of carbonyl (C=O) groups excluding carboxylic acids is 1. The Hall–Kier alpha value is -0.540.